The first kappa shape index (κ1) is 37.6. The summed E-state index contributed by atoms with van der Waals surface area (Å²) >= 11 is 0. The van der Waals surface area contributed by atoms with Crippen LogP contribution in [0.3, 0.4) is 0 Å². The Kier molecular flexibility index (Phi) is 12.7. The van der Waals surface area contributed by atoms with Crippen molar-refractivity contribution >= 4 is 5.91 Å². The Balaban J connectivity index is 1.68. The summed E-state index contributed by atoms with van der Waals surface area (Å²) < 4.78 is 39.8. The molecular weight excluding hydrogens is 630 g/mol. The third-order valence-electron chi connectivity index (χ3n) is 8.53. The van der Waals surface area contributed by atoms with E-state index in [1.54, 1.807) is 0 Å². The maximum atomic E-state index is 12.1. The maximum absolute atomic E-state index is 12.1. The Morgan fingerprint density at radius 1 is 0.565 bits per heavy atom. The van der Waals surface area contributed by atoms with Crippen molar-refractivity contribution in [1.29, 1.82) is 0 Å². The van der Waals surface area contributed by atoms with Gasteiger partial charge in [0.15, 0.2) is 25.2 Å². The minimum atomic E-state index is -1.92. The Morgan fingerprint density at radius 2 is 1.04 bits per heavy atom. The van der Waals surface area contributed by atoms with Gasteiger partial charge in [-0.2, -0.15) is 0 Å². The Labute approximate surface area is 262 Å². The molecule has 0 aliphatic carbocycles. The second-order valence-electron chi connectivity index (χ2n) is 11.8. The summed E-state index contributed by atoms with van der Waals surface area (Å²) in [5, 5.41) is 117. The quantitative estimate of drug-likeness (QED) is 0.108. The molecule has 12 N–H and O–H groups in total. The minimum absolute atomic E-state index is 0.691. The van der Waals surface area contributed by atoms with E-state index in [1.165, 1.54) is 13.8 Å². The molecule has 4 fully saturated rings. The average Bonchev–Trinajstić information content (AvgIpc) is 3.01. The normalized spacial score (nSPS) is 51.9. The van der Waals surface area contributed by atoms with E-state index in [2.05, 4.69) is 5.32 Å². The molecular formula is C26H45NO19. The van der Waals surface area contributed by atoms with Crippen LogP contribution < -0.4 is 5.32 Å². The van der Waals surface area contributed by atoms with Gasteiger partial charge in [-0.1, -0.05) is 0 Å². The Hall–Kier alpha value is -1.25. The molecule has 4 heterocycles. The summed E-state index contributed by atoms with van der Waals surface area (Å²) in [6.45, 7) is 2.15. The van der Waals surface area contributed by atoms with Gasteiger partial charge in [0.2, 0.25) is 5.91 Å². The highest BCUT2D eigenvalue weighted by Gasteiger charge is 2.55. The van der Waals surface area contributed by atoms with E-state index in [4.69, 9.17) is 33.2 Å². The van der Waals surface area contributed by atoms with E-state index >= 15 is 0 Å². The molecule has 4 saturated heterocycles. The number of aliphatic hydroxyl groups is 11. The first-order valence-electron chi connectivity index (χ1n) is 14.8. The summed E-state index contributed by atoms with van der Waals surface area (Å²) in [6.07, 6.45) is -31.2. The minimum Gasteiger partial charge on any atom is -0.394 e. The van der Waals surface area contributed by atoms with Crippen LogP contribution in [-0.2, 0) is 38.0 Å². The smallest absolute Gasteiger partial charge is 0.217 e. The number of carbonyl (C=O) groups excluding carboxylic acids is 1. The van der Waals surface area contributed by atoms with Gasteiger partial charge in [0.05, 0.1) is 25.4 Å². The molecule has 4 aliphatic rings. The average molecular weight is 676 g/mol. The summed E-state index contributed by atoms with van der Waals surface area (Å²) in [5.74, 6) is -0.691. The topological polar surface area (TPSA) is 316 Å². The molecule has 20 nitrogen and oxygen atoms in total. The molecule has 0 aromatic rings. The van der Waals surface area contributed by atoms with Crippen molar-refractivity contribution in [2.45, 2.75) is 144 Å². The molecule has 0 saturated carbocycles. The molecule has 1 amide bonds. The van der Waals surface area contributed by atoms with Crippen molar-refractivity contribution < 1.29 is 94.1 Å². The first-order chi connectivity index (χ1) is 21.6. The molecule has 4 rings (SSSR count). The van der Waals surface area contributed by atoms with Gasteiger partial charge in [0.25, 0.3) is 0 Å². The zero-order valence-electron chi connectivity index (χ0n) is 25.1. The SMILES string of the molecule is CC(=O)NC1[C@@H](OC2OC(C)C(O)C(O)[C@@H]2O)C(O[C@@H]2OC(CO)C(O)C(O)C2OC2OC(C)[C@@H](O)C(O)[C@@H]2O)C(CO)O[C@H]1O. The van der Waals surface area contributed by atoms with Crippen molar-refractivity contribution in [2.75, 3.05) is 13.2 Å². The van der Waals surface area contributed by atoms with Crippen LogP contribution >= 0.6 is 0 Å². The van der Waals surface area contributed by atoms with Crippen LogP contribution in [-0.4, -0.2) is 198 Å². The number of amides is 1. The van der Waals surface area contributed by atoms with Crippen LogP contribution in [0.4, 0.5) is 0 Å². The van der Waals surface area contributed by atoms with E-state index in [1.807, 2.05) is 0 Å². The fraction of sp³-hybridized carbons (Fsp3) is 0.962. The fourth-order valence-corrected chi connectivity index (χ4v) is 5.81. The third kappa shape index (κ3) is 7.64. The van der Waals surface area contributed by atoms with Crippen molar-refractivity contribution in [3.63, 3.8) is 0 Å². The van der Waals surface area contributed by atoms with E-state index in [9.17, 15) is 61.0 Å². The van der Waals surface area contributed by atoms with Crippen molar-refractivity contribution in [3.05, 3.63) is 0 Å². The highest BCUT2D eigenvalue weighted by Crippen LogP contribution is 2.35. The summed E-state index contributed by atoms with van der Waals surface area (Å²) in [5.41, 5.74) is 0. The molecule has 0 spiro atoms. The van der Waals surface area contributed by atoms with E-state index in [0.717, 1.165) is 6.92 Å². The van der Waals surface area contributed by atoms with Crippen molar-refractivity contribution in [2.24, 2.45) is 0 Å². The van der Waals surface area contributed by atoms with E-state index < -0.39 is 142 Å². The monoisotopic (exact) mass is 675 g/mol. The molecule has 0 aromatic carbocycles. The molecule has 4 aliphatic heterocycles. The first-order valence-corrected chi connectivity index (χ1v) is 14.8. The lowest BCUT2D eigenvalue weighted by molar-refractivity contribution is -0.391. The van der Waals surface area contributed by atoms with Crippen LogP contribution in [0.2, 0.25) is 0 Å². The van der Waals surface area contributed by atoms with Crippen molar-refractivity contribution in [3.8, 4) is 0 Å². The van der Waals surface area contributed by atoms with Gasteiger partial charge in [0, 0.05) is 6.92 Å². The maximum Gasteiger partial charge on any atom is 0.217 e. The van der Waals surface area contributed by atoms with Gasteiger partial charge in [-0.15, -0.1) is 0 Å². The molecule has 0 aromatic heterocycles. The van der Waals surface area contributed by atoms with Gasteiger partial charge in [0.1, 0.15) is 85.4 Å². The highest BCUT2D eigenvalue weighted by atomic mass is 16.8. The predicted molar refractivity (Wildman–Crippen MR) is 143 cm³/mol. The van der Waals surface area contributed by atoms with Gasteiger partial charge in [-0.3, -0.25) is 4.79 Å². The summed E-state index contributed by atoms with van der Waals surface area (Å²) in [4.78, 5) is 12.1. The predicted octanol–water partition coefficient (Wildman–Crippen LogP) is -7.55. The summed E-state index contributed by atoms with van der Waals surface area (Å²) in [6, 6.07) is -1.51. The fourth-order valence-electron chi connectivity index (χ4n) is 5.81. The second kappa shape index (κ2) is 15.5. The number of aliphatic hydroxyl groups excluding tert-OH is 11. The lowest BCUT2D eigenvalue weighted by Crippen LogP contribution is -2.70. The van der Waals surface area contributed by atoms with Crippen LogP contribution in [0, 0.1) is 0 Å². The van der Waals surface area contributed by atoms with Gasteiger partial charge < -0.3 is 94.6 Å². The molecule has 20 heteroatoms. The lowest BCUT2D eigenvalue weighted by Gasteiger charge is -2.50. The number of rotatable bonds is 9. The second-order valence-corrected chi connectivity index (χ2v) is 11.8. The lowest BCUT2D eigenvalue weighted by atomic mass is 9.94. The molecule has 0 radical (unpaired) electrons. The van der Waals surface area contributed by atoms with Crippen LogP contribution in [0.5, 0.6) is 0 Å². The molecule has 268 valence electrons. The Bertz CT molecular complexity index is 997. The zero-order valence-corrected chi connectivity index (χ0v) is 25.1. The Morgan fingerprint density at radius 3 is 1.52 bits per heavy atom. The zero-order chi connectivity index (χ0) is 34.2. The number of ether oxygens (including phenoxy) is 7. The molecule has 20 atom stereocenters. The number of nitrogens with one attached hydrogen (secondary N) is 1. The molecule has 14 unspecified atom stereocenters. The van der Waals surface area contributed by atoms with Crippen molar-refractivity contribution in [1.82, 2.24) is 5.32 Å². The number of carbonyl (C=O) groups is 1. The molecule has 46 heavy (non-hydrogen) atoms. The number of hydrogen-bond acceptors (Lipinski definition) is 19. The van der Waals surface area contributed by atoms with Crippen LogP contribution in [0.25, 0.3) is 0 Å². The molecule has 0 bridgehead atoms. The number of hydrogen-bond donors (Lipinski definition) is 12. The van der Waals surface area contributed by atoms with Crippen LogP contribution in [0.15, 0.2) is 0 Å². The third-order valence-corrected chi connectivity index (χ3v) is 8.53. The van der Waals surface area contributed by atoms with Gasteiger partial charge in [-0.25, -0.2) is 0 Å². The van der Waals surface area contributed by atoms with Crippen LogP contribution in [0.1, 0.15) is 20.8 Å². The van der Waals surface area contributed by atoms with Gasteiger partial charge >= 0.3 is 0 Å². The van der Waals surface area contributed by atoms with E-state index in [0.29, 0.717) is 0 Å². The largest absolute Gasteiger partial charge is 0.394 e. The van der Waals surface area contributed by atoms with E-state index in [-0.39, 0.29) is 0 Å². The highest BCUT2D eigenvalue weighted by molar-refractivity contribution is 5.73. The van der Waals surface area contributed by atoms with Gasteiger partial charge in [-0.05, 0) is 13.8 Å². The summed E-state index contributed by atoms with van der Waals surface area (Å²) in [7, 11) is 0. The standard InChI is InChI=1S/C26H45NO19/c1-6-12(31)15(34)18(37)24(40-6)45-21-11(27-8(3)30)23(39)42-10(5-29)20(21)44-26-22(17(36)14(33)9(4-28)43-26)46-25-19(38)16(35)13(32)7(2)41-25/h6-7,9-26,28-29,31-39H,4-5H2,1-3H3,(H,27,30)/t6?,7?,9?,10?,11?,12?,13-,14?,15?,16?,17?,18+,19+,20?,21-,22?,23-,24?,25?,26+/m1/s1.